The van der Waals surface area contributed by atoms with E-state index in [0.29, 0.717) is 5.82 Å². The average Bonchev–Trinajstić information content (AvgIpc) is 2.33. The van der Waals surface area contributed by atoms with Gasteiger partial charge in [-0.15, -0.1) is 0 Å². The van der Waals surface area contributed by atoms with Gasteiger partial charge in [0.05, 0.1) is 6.20 Å². The highest BCUT2D eigenvalue weighted by Gasteiger charge is 2.07. The number of hydrogen-bond donors (Lipinski definition) is 1. The normalized spacial score (nSPS) is 9.81. The third-order valence-electron chi connectivity index (χ3n) is 1.76. The largest absolute Gasteiger partial charge is 0.305 e. The molecule has 2 aromatic rings. The van der Waals surface area contributed by atoms with E-state index in [4.69, 9.17) is 0 Å². The summed E-state index contributed by atoms with van der Waals surface area (Å²) in [4.78, 5) is 23.4. The zero-order valence-corrected chi connectivity index (χ0v) is 10.2. The Morgan fingerprint density at radius 3 is 2.69 bits per heavy atom. The van der Waals surface area contributed by atoms with Crippen molar-refractivity contribution in [1.29, 1.82) is 0 Å². The molecule has 0 aromatic carbocycles. The summed E-state index contributed by atoms with van der Waals surface area (Å²) in [5.74, 6) is 0.179. The highest BCUT2D eigenvalue weighted by Crippen LogP contribution is 2.07. The van der Waals surface area contributed by atoms with Crippen LogP contribution in [0, 0.1) is 3.57 Å². The summed E-state index contributed by atoms with van der Waals surface area (Å²) < 4.78 is 1.01. The van der Waals surface area contributed by atoms with E-state index >= 15 is 0 Å². The van der Waals surface area contributed by atoms with Gasteiger partial charge in [-0.2, -0.15) is 0 Å². The van der Waals surface area contributed by atoms with Crippen molar-refractivity contribution in [2.24, 2.45) is 0 Å². The number of carbonyl (C=O) groups is 1. The molecule has 0 saturated heterocycles. The molecule has 80 valence electrons. The predicted octanol–water partition coefficient (Wildman–Crippen LogP) is 1.73. The number of halogens is 1. The molecule has 0 radical (unpaired) electrons. The lowest BCUT2D eigenvalue weighted by molar-refractivity contribution is 0.102. The molecular weight excluding hydrogens is 319 g/mol. The second-order valence-electron chi connectivity index (χ2n) is 2.91. The second-order valence-corrected chi connectivity index (χ2v) is 4.15. The van der Waals surface area contributed by atoms with E-state index in [2.05, 4.69) is 42.9 Å². The van der Waals surface area contributed by atoms with E-state index in [-0.39, 0.29) is 11.6 Å². The van der Waals surface area contributed by atoms with Gasteiger partial charge in [0.15, 0.2) is 0 Å². The number of rotatable bonds is 2. The minimum Gasteiger partial charge on any atom is -0.305 e. The quantitative estimate of drug-likeness (QED) is 0.854. The van der Waals surface area contributed by atoms with Gasteiger partial charge in [-0.05, 0) is 34.7 Å². The van der Waals surface area contributed by atoms with Crippen LogP contribution in [0.4, 0.5) is 5.82 Å². The van der Waals surface area contributed by atoms with Crippen molar-refractivity contribution >= 4 is 34.3 Å². The first-order valence-electron chi connectivity index (χ1n) is 4.44. The fraction of sp³-hybridized carbons (Fsp3) is 0. The number of hydrogen-bond acceptors (Lipinski definition) is 4. The molecule has 0 aliphatic rings. The molecule has 0 unspecified atom stereocenters. The highest BCUT2D eigenvalue weighted by molar-refractivity contribution is 14.1. The number of anilines is 1. The first-order chi connectivity index (χ1) is 7.75. The Kier molecular flexibility index (Phi) is 3.40. The molecule has 0 aliphatic carbocycles. The number of aromatic nitrogens is 3. The van der Waals surface area contributed by atoms with Gasteiger partial charge in [-0.3, -0.25) is 9.78 Å². The molecule has 0 atom stereocenters. The van der Waals surface area contributed by atoms with E-state index in [0.717, 1.165) is 3.57 Å². The van der Waals surface area contributed by atoms with Gasteiger partial charge in [0.25, 0.3) is 5.91 Å². The van der Waals surface area contributed by atoms with E-state index in [1.165, 1.54) is 18.6 Å². The standard InChI is InChI=1S/C10H7IN4O/c11-7-1-2-9(14-5-7)15-10(16)8-6-12-3-4-13-8/h1-6H,(H,14,15,16). The van der Waals surface area contributed by atoms with Crippen molar-refractivity contribution in [3.63, 3.8) is 0 Å². The SMILES string of the molecule is O=C(Nc1ccc(I)cn1)c1cnccn1. The van der Waals surface area contributed by atoms with Crippen molar-refractivity contribution in [1.82, 2.24) is 15.0 Å². The molecule has 6 heteroatoms. The molecular formula is C10H7IN4O. The van der Waals surface area contributed by atoms with E-state index in [1.807, 2.05) is 6.07 Å². The number of amides is 1. The summed E-state index contributed by atoms with van der Waals surface area (Å²) in [5, 5.41) is 2.63. The smallest absolute Gasteiger partial charge is 0.277 e. The minimum atomic E-state index is -0.318. The molecule has 2 aromatic heterocycles. The molecule has 1 N–H and O–H groups in total. The Hall–Kier alpha value is -1.57. The summed E-state index contributed by atoms with van der Waals surface area (Å²) in [6.45, 7) is 0. The van der Waals surface area contributed by atoms with Gasteiger partial charge < -0.3 is 5.32 Å². The molecule has 2 heterocycles. The Morgan fingerprint density at radius 2 is 2.06 bits per heavy atom. The molecule has 0 aliphatic heterocycles. The first kappa shape index (κ1) is 10.9. The van der Waals surface area contributed by atoms with Crippen molar-refractivity contribution in [2.75, 3.05) is 5.32 Å². The summed E-state index contributed by atoms with van der Waals surface area (Å²) >= 11 is 2.14. The Morgan fingerprint density at radius 1 is 1.19 bits per heavy atom. The van der Waals surface area contributed by atoms with Crippen LogP contribution in [-0.4, -0.2) is 20.9 Å². The number of nitrogens with one attached hydrogen (secondary N) is 1. The van der Waals surface area contributed by atoms with Gasteiger partial charge in [0, 0.05) is 22.2 Å². The lowest BCUT2D eigenvalue weighted by Crippen LogP contribution is -2.14. The Balaban J connectivity index is 2.11. The zero-order valence-electron chi connectivity index (χ0n) is 8.09. The second kappa shape index (κ2) is 4.97. The zero-order chi connectivity index (χ0) is 11.4. The average molecular weight is 326 g/mol. The van der Waals surface area contributed by atoms with Crippen molar-refractivity contribution < 1.29 is 4.79 Å². The molecule has 2 rings (SSSR count). The van der Waals surface area contributed by atoms with Crippen molar-refractivity contribution in [2.45, 2.75) is 0 Å². The monoisotopic (exact) mass is 326 g/mol. The lowest BCUT2D eigenvalue weighted by atomic mass is 10.4. The van der Waals surface area contributed by atoms with Gasteiger partial charge in [-0.25, -0.2) is 9.97 Å². The summed E-state index contributed by atoms with van der Waals surface area (Å²) in [6.07, 6.45) is 6.06. The molecule has 1 amide bonds. The maximum atomic E-state index is 11.6. The predicted molar refractivity (Wildman–Crippen MR) is 66.9 cm³/mol. The van der Waals surface area contributed by atoms with Gasteiger partial charge in [0.1, 0.15) is 11.5 Å². The molecule has 5 nitrogen and oxygen atoms in total. The summed E-state index contributed by atoms with van der Waals surface area (Å²) in [6, 6.07) is 3.59. The van der Waals surface area contributed by atoms with Crippen molar-refractivity contribution in [3.05, 3.63) is 46.2 Å². The van der Waals surface area contributed by atoms with E-state index in [9.17, 15) is 4.79 Å². The minimum absolute atomic E-state index is 0.267. The van der Waals surface area contributed by atoms with Crippen LogP contribution in [-0.2, 0) is 0 Å². The highest BCUT2D eigenvalue weighted by atomic mass is 127. The van der Waals surface area contributed by atoms with Gasteiger partial charge in [0.2, 0.25) is 0 Å². The van der Waals surface area contributed by atoms with Crippen molar-refractivity contribution in [3.8, 4) is 0 Å². The Labute approximate surface area is 105 Å². The van der Waals surface area contributed by atoms with E-state index < -0.39 is 0 Å². The first-order valence-corrected chi connectivity index (χ1v) is 5.52. The van der Waals surface area contributed by atoms with Gasteiger partial charge >= 0.3 is 0 Å². The topological polar surface area (TPSA) is 67.8 Å². The third-order valence-corrected chi connectivity index (χ3v) is 2.40. The van der Waals surface area contributed by atoms with E-state index in [1.54, 1.807) is 12.3 Å². The number of nitrogens with zero attached hydrogens (tertiary/aromatic N) is 3. The molecule has 0 saturated carbocycles. The summed E-state index contributed by atoms with van der Waals surface area (Å²) in [5.41, 5.74) is 0.267. The third kappa shape index (κ3) is 2.72. The van der Waals surface area contributed by atoms with Crippen LogP contribution in [0.15, 0.2) is 36.9 Å². The number of carbonyl (C=O) groups excluding carboxylic acids is 1. The fourth-order valence-electron chi connectivity index (χ4n) is 1.05. The Bertz CT molecular complexity index is 486. The van der Waals surface area contributed by atoms with Crippen LogP contribution in [0.25, 0.3) is 0 Å². The molecule has 16 heavy (non-hydrogen) atoms. The van der Waals surface area contributed by atoms with Crippen LogP contribution in [0.2, 0.25) is 0 Å². The summed E-state index contributed by atoms with van der Waals surface area (Å²) in [7, 11) is 0. The molecule has 0 fully saturated rings. The maximum absolute atomic E-state index is 11.6. The van der Waals surface area contributed by atoms with Gasteiger partial charge in [-0.1, -0.05) is 0 Å². The van der Waals surface area contributed by atoms with Crippen LogP contribution in [0.1, 0.15) is 10.5 Å². The maximum Gasteiger partial charge on any atom is 0.277 e. The van der Waals surface area contributed by atoms with Crippen LogP contribution in [0.3, 0.4) is 0 Å². The lowest BCUT2D eigenvalue weighted by Gasteiger charge is -2.02. The van der Waals surface area contributed by atoms with Crippen LogP contribution < -0.4 is 5.32 Å². The molecule has 0 bridgehead atoms. The van der Waals surface area contributed by atoms with Crippen LogP contribution in [0.5, 0.6) is 0 Å². The fourth-order valence-corrected chi connectivity index (χ4v) is 1.37. The van der Waals surface area contributed by atoms with Crippen LogP contribution >= 0.6 is 22.6 Å². The number of pyridine rings is 1. The molecule has 0 spiro atoms.